The van der Waals surface area contributed by atoms with E-state index < -0.39 is 0 Å². The Hall–Kier alpha value is -1.49. The standard InChI is InChI=1S/C14H19N3OS/c1-19-8-4-2-3-7-15-14(18)11-5-6-12-10-16-17-13(12)9-11/h5-6,9-10H,2-4,7-8H2,1H3,(H,15,18)(H,16,17). The van der Waals surface area contributed by atoms with E-state index in [2.05, 4.69) is 21.8 Å². The van der Waals surface area contributed by atoms with Gasteiger partial charge in [0.25, 0.3) is 5.91 Å². The maximum Gasteiger partial charge on any atom is 0.251 e. The zero-order chi connectivity index (χ0) is 13.5. The molecule has 0 aliphatic heterocycles. The van der Waals surface area contributed by atoms with E-state index in [0.717, 1.165) is 23.9 Å². The van der Waals surface area contributed by atoms with Crippen LogP contribution < -0.4 is 5.32 Å². The zero-order valence-corrected chi connectivity index (χ0v) is 11.9. The first kappa shape index (κ1) is 13.9. The highest BCUT2D eigenvalue weighted by molar-refractivity contribution is 7.98. The number of carbonyl (C=O) groups is 1. The van der Waals surface area contributed by atoms with E-state index in [-0.39, 0.29) is 5.91 Å². The van der Waals surface area contributed by atoms with Crippen LogP contribution in [0, 0.1) is 0 Å². The number of fused-ring (bicyclic) bond motifs is 1. The molecule has 0 radical (unpaired) electrons. The summed E-state index contributed by atoms with van der Waals surface area (Å²) >= 11 is 1.87. The average Bonchev–Trinajstić information content (AvgIpc) is 2.89. The highest BCUT2D eigenvalue weighted by Gasteiger charge is 2.06. The highest BCUT2D eigenvalue weighted by Crippen LogP contribution is 2.12. The number of aromatic amines is 1. The summed E-state index contributed by atoms with van der Waals surface area (Å²) in [4.78, 5) is 11.9. The van der Waals surface area contributed by atoms with Gasteiger partial charge in [0.2, 0.25) is 0 Å². The molecule has 2 N–H and O–H groups in total. The maximum absolute atomic E-state index is 11.9. The number of amides is 1. The first-order valence-corrected chi connectivity index (χ1v) is 7.91. The number of nitrogens with zero attached hydrogens (tertiary/aromatic N) is 1. The Labute approximate surface area is 117 Å². The minimum atomic E-state index is -0.0126. The van der Waals surface area contributed by atoms with Gasteiger partial charge < -0.3 is 5.32 Å². The molecule has 0 spiro atoms. The summed E-state index contributed by atoms with van der Waals surface area (Å²) in [5, 5.41) is 10.8. The normalized spacial score (nSPS) is 10.8. The van der Waals surface area contributed by atoms with Crippen molar-refractivity contribution in [1.29, 1.82) is 0 Å². The summed E-state index contributed by atoms with van der Waals surface area (Å²) in [6.07, 6.45) is 7.30. The van der Waals surface area contributed by atoms with Gasteiger partial charge in [0.05, 0.1) is 11.7 Å². The maximum atomic E-state index is 11.9. The molecule has 1 heterocycles. The topological polar surface area (TPSA) is 57.8 Å². The van der Waals surface area contributed by atoms with Crippen molar-refractivity contribution in [3.8, 4) is 0 Å². The SMILES string of the molecule is CSCCCCCNC(=O)c1ccc2cn[nH]c2c1. The molecule has 0 bridgehead atoms. The Bertz CT molecular complexity index is 538. The number of hydrogen-bond donors (Lipinski definition) is 2. The van der Waals surface area contributed by atoms with Crippen molar-refractivity contribution in [2.24, 2.45) is 0 Å². The average molecular weight is 277 g/mol. The number of aromatic nitrogens is 2. The van der Waals surface area contributed by atoms with Crippen molar-refractivity contribution < 1.29 is 4.79 Å². The molecule has 1 amide bonds. The molecule has 0 atom stereocenters. The minimum Gasteiger partial charge on any atom is -0.352 e. The number of benzene rings is 1. The molecule has 0 aliphatic carbocycles. The Balaban J connectivity index is 1.79. The van der Waals surface area contributed by atoms with Crippen molar-refractivity contribution in [1.82, 2.24) is 15.5 Å². The smallest absolute Gasteiger partial charge is 0.251 e. The molecule has 1 aromatic carbocycles. The van der Waals surface area contributed by atoms with Crippen LogP contribution in [0.5, 0.6) is 0 Å². The van der Waals surface area contributed by atoms with E-state index in [1.54, 1.807) is 6.20 Å². The van der Waals surface area contributed by atoms with Crippen molar-refractivity contribution in [3.63, 3.8) is 0 Å². The van der Waals surface area contributed by atoms with Crippen LogP contribution in [0.4, 0.5) is 0 Å². The quantitative estimate of drug-likeness (QED) is 0.765. The predicted molar refractivity (Wildman–Crippen MR) is 80.7 cm³/mol. The molecule has 2 rings (SSSR count). The highest BCUT2D eigenvalue weighted by atomic mass is 32.2. The second-order valence-corrected chi connectivity index (χ2v) is 5.47. The fourth-order valence-corrected chi connectivity index (χ4v) is 2.42. The molecule has 2 aromatic rings. The third-order valence-corrected chi connectivity index (χ3v) is 3.71. The van der Waals surface area contributed by atoms with E-state index in [9.17, 15) is 4.79 Å². The van der Waals surface area contributed by atoms with Gasteiger partial charge in [0.1, 0.15) is 0 Å². The van der Waals surface area contributed by atoms with Crippen LogP contribution in [0.1, 0.15) is 29.6 Å². The molecule has 0 saturated carbocycles. The van der Waals surface area contributed by atoms with E-state index in [1.807, 2.05) is 30.0 Å². The Morgan fingerprint density at radius 3 is 3.11 bits per heavy atom. The van der Waals surface area contributed by atoms with Gasteiger partial charge in [-0.2, -0.15) is 16.9 Å². The lowest BCUT2D eigenvalue weighted by Gasteiger charge is -2.05. The lowest BCUT2D eigenvalue weighted by Crippen LogP contribution is -2.24. The molecule has 5 heteroatoms. The number of carbonyl (C=O) groups excluding carboxylic acids is 1. The van der Waals surface area contributed by atoms with Crippen LogP contribution >= 0.6 is 11.8 Å². The van der Waals surface area contributed by atoms with Crippen LogP contribution in [0.15, 0.2) is 24.4 Å². The third-order valence-electron chi connectivity index (χ3n) is 3.01. The second kappa shape index (κ2) is 7.19. The number of unbranched alkanes of at least 4 members (excludes halogenated alkanes) is 2. The van der Waals surface area contributed by atoms with Gasteiger partial charge in [-0.05, 0) is 37.0 Å². The summed E-state index contributed by atoms with van der Waals surface area (Å²) in [5.41, 5.74) is 1.58. The van der Waals surface area contributed by atoms with E-state index >= 15 is 0 Å². The summed E-state index contributed by atoms with van der Waals surface area (Å²) in [6.45, 7) is 0.744. The summed E-state index contributed by atoms with van der Waals surface area (Å²) in [7, 11) is 0. The fraction of sp³-hybridized carbons (Fsp3) is 0.429. The molecule has 0 saturated heterocycles. The fourth-order valence-electron chi connectivity index (χ4n) is 1.93. The molecule has 102 valence electrons. The van der Waals surface area contributed by atoms with Gasteiger partial charge >= 0.3 is 0 Å². The number of hydrogen-bond acceptors (Lipinski definition) is 3. The van der Waals surface area contributed by atoms with Gasteiger partial charge in [0, 0.05) is 17.5 Å². The van der Waals surface area contributed by atoms with E-state index in [0.29, 0.717) is 5.56 Å². The van der Waals surface area contributed by atoms with Crippen molar-refractivity contribution >= 4 is 28.6 Å². The lowest BCUT2D eigenvalue weighted by molar-refractivity contribution is 0.0953. The van der Waals surface area contributed by atoms with Gasteiger partial charge in [0.15, 0.2) is 0 Å². The molecule has 4 nitrogen and oxygen atoms in total. The summed E-state index contributed by atoms with van der Waals surface area (Å²) in [5.74, 6) is 1.19. The monoisotopic (exact) mass is 277 g/mol. The molecular formula is C14H19N3OS. The Kier molecular flexibility index (Phi) is 5.27. The third kappa shape index (κ3) is 3.99. The number of thioether (sulfide) groups is 1. The summed E-state index contributed by atoms with van der Waals surface area (Å²) in [6, 6.07) is 5.58. The van der Waals surface area contributed by atoms with Gasteiger partial charge in [-0.15, -0.1) is 0 Å². The largest absolute Gasteiger partial charge is 0.352 e. The van der Waals surface area contributed by atoms with Crippen LogP contribution in [-0.2, 0) is 0 Å². The molecule has 0 aliphatic rings. The Morgan fingerprint density at radius 2 is 2.26 bits per heavy atom. The van der Waals surface area contributed by atoms with E-state index in [1.165, 1.54) is 18.6 Å². The van der Waals surface area contributed by atoms with Crippen LogP contribution in [-0.4, -0.2) is 34.7 Å². The molecule has 1 aromatic heterocycles. The molecule has 0 unspecified atom stereocenters. The van der Waals surface area contributed by atoms with Crippen LogP contribution in [0.3, 0.4) is 0 Å². The second-order valence-electron chi connectivity index (χ2n) is 4.48. The van der Waals surface area contributed by atoms with Crippen molar-refractivity contribution in [3.05, 3.63) is 30.0 Å². The number of nitrogens with one attached hydrogen (secondary N) is 2. The molecule has 19 heavy (non-hydrogen) atoms. The van der Waals surface area contributed by atoms with Crippen LogP contribution in [0.25, 0.3) is 10.9 Å². The van der Waals surface area contributed by atoms with Crippen molar-refractivity contribution in [2.75, 3.05) is 18.6 Å². The van der Waals surface area contributed by atoms with E-state index in [4.69, 9.17) is 0 Å². The minimum absolute atomic E-state index is 0.0126. The first-order valence-electron chi connectivity index (χ1n) is 6.51. The number of rotatable bonds is 7. The summed E-state index contributed by atoms with van der Waals surface area (Å²) < 4.78 is 0. The first-order chi connectivity index (χ1) is 9.31. The molecular weight excluding hydrogens is 258 g/mol. The zero-order valence-electron chi connectivity index (χ0n) is 11.1. The van der Waals surface area contributed by atoms with Gasteiger partial charge in [-0.3, -0.25) is 9.89 Å². The molecule has 0 fully saturated rings. The lowest BCUT2D eigenvalue weighted by atomic mass is 10.1. The number of H-pyrrole nitrogens is 1. The predicted octanol–water partition coefficient (Wildman–Crippen LogP) is 2.83. The Morgan fingerprint density at radius 1 is 1.37 bits per heavy atom. The van der Waals surface area contributed by atoms with Gasteiger partial charge in [-0.25, -0.2) is 0 Å². The van der Waals surface area contributed by atoms with Gasteiger partial charge in [-0.1, -0.05) is 12.5 Å². The van der Waals surface area contributed by atoms with Crippen molar-refractivity contribution in [2.45, 2.75) is 19.3 Å². The van der Waals surface area contributed by atoms with Crippen LogP contribution in [0.2, 0.25) is 0 Å².